The highest BCUT2D eigenvalue weighted by Gasteiger charge is 2.23. The van der Waals surface area contributed by atoms with Crippen molar-refractivity contribution in [1.82, 2.24) is 0 Å². The molecule has 0 aliphatic rings. The highest BCUT2D eigenvalue weighted by molar-refractivity contribution is 7.92. The Morgan fingerprint density at radius 2 is 0.570 bits per heavy atom. The molecule has 2 N–H and O–H groups in total. The van der Waals surface area contributed by atoms with E-state index in [4.69, 9.17) is 23.0 Å². The van der Waals surface area contributed by atoms with Gasteiger partial charge in [0.25, 0.3) is 0 Å². The third-order valence-corrected chi connectivity index (χ3v) is 15.1. The number of carbonyl (C=O) groups is 9. The normalized spacial score (nSPS) is 11.0. The smallest absolute Gasteiger partial charge is 0.206 e. The minimum Gasteiger partial charge on any atom is -0.309 e. The van der Waals surface area contributed by atoms with Gasteiger partial charge in [-0.1, -0.05) is 206 Å². The molecule has 0 heterocycles. The average Bonchev–Trinajstić information content (AvgIpc) is 3.31. The summed E-state index contributed by atoms with van der Waals surface area (Å²) in [6.45, 7) is 60.1. The molecule has 15 heteroatoms. The number of thiocarbonyl (C=S) groups is 1. The third kappa shape index (κ3) is 53.5. The van der Waals surface area contributed by atoms with Crippen LogP contribution in [0.1, 0.15) is 247 Å². The van der Waals surface area contributed by atoms with E-state index in [0.717, 1.165) is 5.71 Å². The van der Waals surface area contributed by atoms with Crippen molar-refractivity contribution in [3.05, 3.63) is 0 Å². The maximum atomic E-state index is 11.1. The van der Waals surface area contributed by atoms with Crippen molar-refractivity contribution in [3.63, 3.8) is 0 Å². The van der Waals surface area contributed by atoms with E-state index in [0.29, 0.717) is 54.4 Å². The van der Waals surface area contributed by atoms with Crippen molar-refractivity contribution in [1.29, 1.82) is 10.8 Å². The molecule has 79 heavy (non-hydrogen) atoms. The van der Waals surface area contributed by atoms with Gasteiger partial charge in [0.15, 0.2) is 9.84 Å². The molecular formula is C64H122N2O11S2. The van der Waals surface area contributed by atoms with E-state index in [9.17, 15) is 51.6 Å². The first-order valence-electron chi connectivity index (χ1n) is 29.0. The van der Waals surface area contributed by atoms with Crippen LogP contribution in [0.25, 0.3) is 0 Å². The van der Waals surface area contributed by atoms with Crippen molar-refractivity contribution in [2.75, 3.05) is 0 Å². The van der Waals surface area contributed by atoms with Crippen molar-refractivity contribution in [3.8, 4) is 0 Å². The minimum absolute atomic E-state index is 0.0602. The molecule has 0 radical (unpaired) electrons. The van der Waals surface area contributed by atoms with Gasteiger partial charge in [-0.15, -0.1) is 0 Å². The molecule has 0 saturated heterocycles. The topological polar surface area (TPSA) is 235 Å². The summed E-state index contributed by atoms with van der Waals surface area (Å²) in [5, 5.41) is 14.4. The number of sulfone groups is 1. The van der Waals surface area contributed by atoms with Gasteiger partial charge in [-0.05, 0) is 62.1 Å². The lowest BCUT2D eigenvalue weighted by Crippen LogP contribution is -2.24. The fraction of sp³-hybridized carbons (Fsp3) is 0.812. The summed E-state index contributed by atoms with van der Waals surface area (Å²) >= 11 is 5.10. The Bertz CT molecular complexity index is 1790. The van der Waals surface area contributed by atoms with E-state index in [2.05, 4.69) is 55.4 Å². The van der Waals surface area contributed by atoms with Gasteiger partial charge >= 0.3 is 0 Å². The fourth-order valence-electron chi connectivity index (χ4n) is 5.30. The van der Waals surface area contributed by atoms with Crippen molar-refractivity contribution >= 4 is 90.4 Å². The largest absolute Gasteiger partial charge is 0.309 e. The summed E-state index contributed by atoms with van der Waals surface area (Å²) in [6.07, 6.45) is 0.910. The minimum atomic E-state index is -2.81. The Morgan fingerprint density at radius 3 is 0.696 bits per heavy atom. The molecule has 0 atom stereocenters. The van der Waals surface area contributed by atoms with E-state index in [1.807, 2.05) is 83.1 Å². The molecule has 0 rings (SSSR count). The van der Waals surface area contributed by atoms with Crippen molar-refractivity contribution in [2.45, 2.75) is 258 Å². The average molecular weight is 1160 g/mol. The molecule has 0 bridgehead atoms. The van der Waals surface area contributed by atoms with Crippen molar-refractivity contribution < 1.29 is 51.6 Å². The van der Waals surface area contributed by atoms with Crippen LogP contribution in [0.3, 0.4) is 0 Å². The van der Waals surface area contributed by atoms with Gasteiger partial charge in [-0.25, -0.2) is 8.42 Å². The predicted octanol–water partition coefficient (Wildman–Crippen LogP) is 15.4. The van der Waals surface area contributed by atoms with E-state index in [1.54, 1.807) is 83.1 Å². The maximum Gasteiger partial charge on any atom is 0.206 e. The predicted molar refractivity (Wildman–Crippen MR) is 339 cm³/mol. The summed E-state index contributed by atoms with van der Waals surface area (Å²) in [5.41, 5.74) is 1.40. The molecule has 0 spiro atoms. The quantitative estimate of drug-likeness (QED) is 0.0376. The second-order valence-corrected chi connectivity index (χ2v) is 28.4. The van der Waals surface area contributed by atoms with Crippen LogP contribution in [0.15, 0.2) is 0 Å². The zero-order valence-electron chi connectivity index (χ0n) is 56.4. The highest BCUT2D eigenvalue weighted by atomic mass is 32.2. The summed E-state index contributed by atoms with van der Waals surface area (Å²) in [6, 6.07) is 0. The number of nitrogens with one attached hydrogen (secondary N) is 2. The lowest BCUT2D eigenvalue weighted by molar-refractivity contribution is -0.140. The van der Waals surface area contributed by atoms with Gasteiger partial charge < -0.3 is 10.8 Å². The van der Waals surface area contributed by atoms with E-state index < -0.39 is 21.4 Å². The Labute approximate surface area is 491 Å². The van der Waals surface area contributed by atoms with Crippen LogP contribution in [0.4, 0.5) is 0 Å². The lowest BCUT2D eigenvalue weighted by Gasteiger charge is -2.09. The van der Waals surface area contributed by atoms with Crippen LogP contribution in [0, 0.1) is 93.7 Å². The van der Waals surface area contributed by atoms with Crippen LogP contribution < -0.4 is 0 Å². The number of carbonyl (C=O) groups excluding carboxylic acids is 9. The van der Waals surface area contributed by atoms with Crippen LogP contribution in [0.2, 0.25) is 0 Å². The SMILES string of the molecule is CC(C)C(=N)C(C)C.CC(C)C(=N)CC(=O)C(C)C.CC(C)C(=O)C(=O)C(C)C.CC(C)C(=O)C(C)C.CC(C)C(=O)CC(=O)C(=O)C(C)C.CC(C)C(=O)CCC(=O)C(C)C.CC(C)C(=S)C(C)C.CC(C)S(=O)(=O)C(C)C. The molecule has 13 nitrogen and oxygen atoms in total. The van der Waals surface area contributed by atoms with Crippen LogP contribution in [-0.2, 0) is 53.0 Å². The number of rotatable bonds is 25. The molecule has 0 aromatic rings. The number of ketones is 9. The van der Waals surface area contributed by atoms with Crippen LogP contribution in [-0.4, -0.2) is 87.3 Å². The molecule has 0 saturated carbocycles. The van der Waals surface area contributed by atoms with E-state index in [-0.39, 0.29) is 111 Å². The molecule has 0 aliphatic heterocycles. The van der Waals surface area contributed by atoms with Gasteiger partial charge in [-0.2, -0.15) is 0 Å². The standard InChI is InChI=1S/C10H16O3.C10H18O2.C9H17NO.C8H14O2.C7H15N.C7H14O.C7H14S.C6H14O2S/c1-6(2)8(11)5-9(12)10(13)7(3)4;1-7(2)9(11)5-6-10(12)8(3)4;1-6(2)8(10)5-9(11)7(3)4;1-5(2)7(9)8(10)6(3)4;3*1-5(2)7(8)6(3)4;1-5(2)9(7,8)6(3)4/h6-7H,5H2,1-4H3;7-8H,5-6H2,1-4H3;6-7,10H,5H2,1-4H3;5-6H,1-4H3;5-6,8H,1-4H3;2*5-6H,1-4H3;5-6H,1-4H3. The van der Waals surface area contributed by atoms with Crippen LogP contribution >= 0.6 is 12.2 Å². The summed E-state index contributed by atoms with van der Waals surface area (Å²) in [7, 11) is -2.81. The molecule has 0 aliphatic carbocycles. The van der Waals surface area contributed by atoms with Crippen LogP contribution in [0.5, 0.6) is 0 Å². The molecule has 0 aromatic heterocycles. The number of hydrogen-bond donors (Lipinski definition) is 2. The Balaban J connectivity index is -0.000000122. The second kappa shape index (κ2) is 49.1. The van der Waals surface area contributed by atoms with Gasteiger partial charge in [-0.3, -0.25) is 43.2 Å². The zero-order chi connectivity index (χ0) is 65.5. The third-order valence-electron chi connectivity index (χ3n) is 11.5. The molecular weight excluding hydrogens is 1040 g/mol. The lowest BCUT2D eigenvalue weighted by atomic mass is 9.98. The monoisotopic (exact) mass is 1160 g/mol. The molecule has 0 aromatic carbocycles. The van der Waals surface area contributed by atoms with Crippen molar-refractivity contribution in [2.24, 2.45) is 82.9 Å². The first-order valence-corrected chi connectivity index (χ1v) is 31.0. The van der Waals surface area contributed by atoms with Gasteiger partial charge in [0.1, 0.15) is 28.9 Å². The molecule has 0 fully saturated rings. The summed E-state index contributed by atoms with van der Waals surface area (Å²) in [4.78, 5) is 101. The number of hydrogen-bond acceptors (Lipinski definition) is 14. The zero-order valence-corrected chi connectivity index (χ0v) is 58.0. The first kappa shape index (κ1) is 91.9. The fourth-order valence-corrected chi connectivity index (χ4v) is 6.39. The second-order valence-electron chi connectivity index (χ2n) is 24.9. The molecule has 0 amide bonds. The van der Waals surface area contributed by atoms with E-state index in [1.165, 1.54) is 4.86 Å². The maximum absolute atomic E-state index is 11.1. The Morgan fingerprint density at radius 1 is 0.316 bits per heavy atom. The number of Topliss-reactive ketones (excluding diaryl/α,β-unsaturated/α-hetero) is 9. The highest BCUT2D eigenvalue weighted by Crippen LogP contribution is 2.11. The Kier molecular flexibility index (Phi) is 57.1. The molecule has 0 unspecified atom stereocenters. The van der Waals surface area contributed by atoms with Gasteiger partial charge in [0.05, 0.1) is 16.9 Å². The van der Waals surface area contributed by atoms with E-state index >= 15 is 0 Å². The van der Waals surface area contributed by atoms with Gasteiger partial charge in [0, 0.05) is 83.9 Å². The first-order chi connectivity index (χ1) is 35.3. The Hall–Kier alpha value is -3.59. The summed E-state index contributed by atoms with van der Waals surface area (Å²) < 4.78 is 22.1. The molecule has 466 valence electrons. The summed E-state index contributed by atoms with van der Waals surface area (Å²) in [5.74, 6) is 1.20. The van der Waals surface area contributed by atoms with Gasteiger partial charge in [0.2, 0.25) is 23.1 Å².